The van der Waals surface area contributed by atoms with Gasteiger partial charge < -0.3 is 14.6 Å². The van der Waals surface area contributed by atoms with Gasteiger partial charge in [-0.25, -0.2) is 18.2 Å². The topological polar surface area (TPSA) is 114 Å². The van der Waals surface area contributed by atoms with Gasteiger partial charge in [-0.05, 0) is 43.4 Å². The van der Waals surface area contributed by atoms with Gasteiger partial charge in [0.25, 0.3) is 5.91 Å². The number of aryl methyl sites for hydroxylation is 1. The molecular formula is C25H35N5O5S. The van der Waals surface area contributed by atoms with Crippen LogP contribution in [0.1, 0.15) is 58.2 Å². The number of nitrogens with one attached hydrogen (secondary N) is 1. The number of amides is 3. The fourth-order valence-corrected chi connectivity index (χ4v) is 7.15. The van der Waals surface area contributed by atoms with Crippen molar-refractivity contribution in [3.63, 3.8) is 0 Å². The Labute approximate surface area is 212 Å². The first kappa shape index (κ1) is 25.2. The fraction of sp³-hybridized carbons (Fsp3) is 0.640. The van der Waals surface area contributed by atoms with E-state index in [2.05, 4.69) is 12.2 Å². The van der Waals surface area contributed by atoms with Gasteiger partial charge in [-0.2, -0.15) is 4.31 Å². The summed E-state index contributed by atoms with van der Waals surface area (Å²) in [6.45, 7) is 6.26. The first-order valence-electron chi connectivity index (χ1n) is 13.0. The van der Waals surface area contributed by atoms with E-state index < -0.39 is 15.6 Å². The van der Waals surface area contributed by atoms with E-state index in [-0.39, 0.29) is 29.3 Å². The van der Waals surface area contributed by atoms with Gasteiger partial charge in [0.2, 0.25) is 10.0 Å². The maximum absolute atomic E-state index is 13.5. The minimum atomic E-state index is -3.66. The van der Waals surface area contributed by atoms with Crippen LogP contribution >= 0.6 is 0 Å². The summed E-state index contributed by atoms with van der Waals surface area (Å²) in [5.74, 6) is 0.493. The Balaban J connectivity index is 1.48. The number of benzene rings is 1. The number of unbranched alkanes of at least 4 members (excludes halogenated alkanes) is 1. The lowest BCUT2D eigenvalue weighted by Crippen LogP contribution is -2.53. The van der Waals surface area contributed by atoms with Crippen LogP contribution in [0.15, 0.2) is 23.1 Å². The molecule has 1 aromatic heterocycles. The summed E-state index contributed by atoms with van der Waals surface area (Å²) in [6.07, 6.45) is 5.41. The highest BCUT2D eigenvalue weighted by molar-refractivity contribution is 7.89. The number of hydrogen-bond acceptors (Lipinski definition) is 6. The monoisotopic (exact) mass is 517 g/mol. The quantitative estimate of drug-likeness (QED) is 0.565. The number of hydrogen-bond donors (Lipinski definition) is 1. The molecule has 2 aliphatic heterocycles. The zero-order valence-electron chi connectivity index (χ0n) is 21.0. The average Bonchev–Trinajstić information content (AvgIpc) is 3.34. The number of imide groups is 1. The van der Waals surface area contributed by atoms with Crippen molar-refractivity contribution < 1.29 is 22.7 Å². The summed E-state index contributed by atoms with van der Waals surface area (Å²) >= 11 is 0. The number of nitrogens with zero attached hydrogens (tertiary/aromatic N) is 4. The zero-order chi connectivity index (χ0) is 25.5. The van der Waals surface area contributed by atoms with Crippen molar-refractivity contribution >= 4 is 33.0 Å². The van der Waals surface area contributed by atoms with Gasteiger partial charge in [0.05, 0.1) is 35.7 Å². The average molecular weight is 518 g/mol. The SMILES string of the molecule is CCCCn1c(CN2C(=O)N[C@]3(CCCC[C@H]3C)C2=O)nc2cc(S(=O)(=O)N3CCOCC3)ccc21. The summed E-state index contributed by atoms with van der Waals surface area (Å²) in [5, 5.41) is 3.01. The van der Waals surface area contributed by atoms with Gasteiger partial charge in [0, 0.05) is 19.6 Å². The van der Waals surface area contributed by atoms with Crippen molar-refractivity contribution in [3.05, 3.63) is 24.0 Å². The number of morpholine rings is 1. The lowest BCUT2D eigenvalue weighted by atomic mass is 9.73. The summed E-state index contributed by atoms with van der Waals surface area (Å²) in [4.78, 5) is 32.7. The van der Waals surface area contributed by atoms with E-state index in [1.807, 2.05) is 11.5 Å². The summed E-state index contributed by atoms with van der Waals surface area (Å²) in [7, 11) is -3.66. The Morgan fingerprint density at radius 2 is 1.97 bits per heavy atom. The molecule has 2 aromatic rings. The van der Waals surface area contributed by atoms with Gasteiger partial charge in [-0.1, -0.05) is 33.1 Å². The predicted octanol–water partition coefficient (Wildman–Crippen LogP) is 2.86. The highest BCUT2D eigenvalue weighted by Crippen LogP contribution is 2.38. The molecule has 0 bridgehead atoms. The normalized spacial score (nSPS) is 25.7. The fourth-order valence-electron chi connectivity index (χ4n) is 5.72. The van der Waals surface area contributed by atoms with Crippen LogP contribution in [-0.4, -0.2) is 71.0 Å². The number of carbonyl (C=O) groups excluding carboxylic acids is 2. The van der Waals surface area contributed by atoms with E-state index in [4.69, 9.17) is 9.72 Å². The number of imidazole rings is 1. The maximum Gasteiger partial charge on any atom is 0.325 e. The van der Waals surface area contributed by atoms with Crippen LogP contribution in [0.4, 0.5) is 4.79 Å². The van der Waals surface area contributed by atoms with Crippen molar-refractivity contribution in [1.82, 2.24) is 24.1 Å². The number of sulfonamides is 1. The Bertz CT molecular complexity index is 1270. The molecule has 1 spiro atoms. The zero-order valence-corrected chi connectivity index (χ0v) is 21.8. The molecular weight excluding hydrogens is 482 g/mol. The van der Waals surface area contributed by atoms with Gasteiger partial charge in [-0.3, -0.25) is 9.69 Å². The Kier molecular flexibility index (Phi) is 6.82. The van der Waals surface area contributed by atoms with E-state index in [9.17, 15) is 18.0 Å². The molecule has 10 nitrogen and oxygen atoms in total. The largest absolute Gasteiger partial charge is 0.379 e. The van der Waals surface area contributed by atoms with Crippen molar-refractivity contribution in [3.8, 4) is 0 Å². The Morgan fingerprint density at radius 1 is 1.19 bits per heavy atom. The van der Waals surface area contributed by atoms with Crippen LogP contribution in [0.3, 0.4) is 0 Å². The van der Waals surface area contributed by atoms with E-state index >= 15 is 0 Å². The molecule has 3 heterocycles. The molecule has 1 saturated carbocycles. The van der Waals surface area contributed by atoms with Crippen LogP contribution in [0, 0.1) is 5.92 Å². The molecule has 1 aromatic carbocycles. The van der Waals surface area contributed by atoms with Crippen LogP contribution in [-0.2, 0) is 32.6 Å². The van der Waals surface area contributed by atoms with Crippen molar-refractivity contribution in [2.24, 2.45) is 5.92 Å². The number of carbonyl (C=O) groups is 2. The molecule has 196 valence electrons. The third kappa shape index (κ3) is 4.20. The first-order valence-corrected chi connectivity index (χ1v) is 14.4. The highest BCUT2D eigenvalue weighted by atomic mass is 32.2. The van der Waals surface area contributed by atoms with E-state index in [0.29, 0.717) is 50.6 Å². The minimum absolute atomic E-state index is 0.0586. The van der Waals surface area contributed by atoms with Gasteiger partial charge in [0.1, 0.15) is 11.4 Å². The van der Waals surface area contributed by atoms with E-state index in [0.717, 1.165) is 37.6 Å². The predicted molar refractivity (Wildman–Crippen MR) is 134 cm³/mol. The van der Waals surface area contributed by atoms with Gasteiger partial charge in [0.15, 0.2) is 0 Å². The lowest BCUT2D eigenvalue weighted by Gasteiger charge is -2.36. The number of fused-ring (bicyclic) bond motifs is 1. The number of aromatic nitrogens is 2. The van der Waals surface area contributed by atoms with Crippen LogP contribution in [0.25, 0.3) is 11.0 Å². The minimum Gasteiger partial charge on any atom is -0.379 e. The molecule has 0 radical (unpaired) electrons. The number of ether oxygens (including phenoxy) is 1. The Morgan fingerprint density at radius 3 is 2.69 bits per heavy atom. The Hall–Kier alpha value is -2.50. The van der Waals surface area contributed by atoms with Gasteiger partial charge >= 0.3 is 6.03 Å². The highest BCUT2D eigenvalue weighted by Gasteiger charge is 2.55. The summed E-state index contributed by atoms with van der Waals surface area (Å²) in [5.41, 5.74) is 0.519. The maximum atomic E-state index is 13.5. The van der Waals surface area contributed by atoms with Crippen molar-refractivity contribution in [1.29, 1.82) is 0 Å². The number of urea groups is 1. The third-order valence-electron chi connectivity index (χ3n) is 7.94. The standard InChI is InChI=1S/C25H35N5O5S/c1-3-4-11-29-21-9-8-19(36(33,34)28-12-14-35-15-13-28)16-20(21)26-22(29)17-30-23(31)25(27-24(30)32)10-6-5-7-18(25)2/h8-9,16,18H,3-7,10-15,17H2,1-2H3,(H,27,32)/t18-,25+/m1/s1. The first-order chi connectivity index (χ1) is 17.3. The summed E-state index contributed by atoms with van der Waals surface area (Å²) in [6, 6.07) is 4.63. The van der Waals surface area contributed by atoms with Crippen LogP contribution in [0.2, 0.25) is 0 Å². The van der Waals surface area contributed by atoms with E-state index in [1.165, 1.54) is 9.21 Å². The molecule has 2 saturated heterocycles. The third-order valence-corrected chi connectivity index (χ3v) is 9.84. The molecule has 5 rings (SSSR count). The second kappa shape index (κ2) is 9.75. The smallest absolute Gasteiger partial charge is 0.325 e. The number of rotatable bonds is 7. The molecule has 11 heteroatoms. The molecule has 3 aliphatic rings. The molecule has 1 N–H and O–H groups in total. The molecule has 3 fully saturated rings. The molecule has 36 heavy (non-hydrogen) atoms. The second-order valence-corrected chi connectivity index (χ2v) is 12.1. The molecule has 1 aliphatic carbocycles. The summed E-state index contributed by atoms with van der Waals surface area (Å²) < 4.78 is 35.1. The van der Waals surface area contributed by atoms with Crippen molar-refractivity contribution in [2.75, 3.05) is 26.3 Å². The second-order valence-electron chi connectivity index (χ2n) is 10.1. The molecule has 0 unspecified atom stereocenters. The van der Waals surface area contributed by atoms with Gasteiger partial charge in [-0.15, -0.1) is 0 Å². The van der Waals surface area contributed by atoms with E-state index in [1.54, 1.807) is 18.2 Å². The van der Waals surface area contributed by atoms with Crippen molar-refractivity contribution in [2.45, 2.75) is 75.9 Å². The lowest BCUT2D eigenvalue weighted by molar-refractivity contribution is -0.134. The molecule has 3 amide bonds. The van der Waals surface area contributed by atoms with Crippen LogP contribution < -0.4 is 5.32 Å². The molecule has 2 atom stereocenters. The van der Waals surface area contributed by atoms with Crippen LogP contribution in [0.5, 0.6) is 0 Å².